The zero-order chi connectivity index (χ0) is 22.3. The summed E-state index contributed by atoms with van der Waals surface area (Å²) in [5.41, 5.74) is 0.941. The minimum Gasteiger partial charge on any atom is -0.461 e. The minimum absolute atomic E-state index is 0.0295. The van der Waals surface area contributed by atoms with E-state index in [2.05, 4.69) is 30.7 Å². The summed E-state index contributed by atoms with van der Waals surface area (Å²) in [7, 11) is 0. The van der Waals surface area contributed by atoms with Gasteiger partial charge in [0.2, 0.25) is 5.91 Å². The molecule has 0 radical (unpaired) electrons. The van der Waals surface area contributed by atoms with Crippen LogP contribution in [0.5, 0.6) is 0 Å². The largest absolute Gasteiger partial charge is 0.461 e. The molecule has 0 N–H and O–H groups in total. The van der Waals surface area contributed by atoms with E-state index >= 15 is 0 Å². The second-order valence-electron chi connectivity index (χ2n) is 8.58. The van der Waals surface area contributed by atoms with E-state index in [1.165, 1.54) is 0 Å². The Bertz CT molecular complexity index is 728. The maximum Gasteiger partial charge on any atom is 0.356 e. The number of esters is 2. The molecule has 1 saturated heterocycles. The van der Waals surface area contributed by atoms with Crippen LogP contribution >= 0.6 is 0 Å². The fourth-order valence-corrected chi connectivity index (χ4v) is 3.28. The average Bonchev–Trinajstić information content (AvgIpc) is 2.67. The van der Waals surface area contributed by atoms with Gasteiger partial charge in [-0.3, -0.25) is 9.69 Å². The van der Waals surface area contributed by atoms with Gasteiger partial charge in [-0.1, -0.05) is 20.8 Å². The number of aromatic nitrogens is 1. The molecule has 2 rings (SSSR count). The molecule has 8 heteroatoms. The van der Waals surface area contributed by atoms with Crippen molar-refractivity contribution < 1.29 is 23.9 Å². The summed E-state index contributed by atoms with van der Waals surface area (Å²) < 4.78 is 10.1. The molecule has 0 saturated carbocycles. The predicted molar refractivity (Wildman–Crippen MR) is 112 cm³/mol. The summed E-state index contributed by atoms with van der Waals surface area (Å²) in [6.07, 6.45) is 0.531. The lowest BCUT2D eigenvalue weighted by molar-refractivity contribution is -0.134. The van der Waals surface area contributed by atoms with Gasteiger partial charge in [0.1, 0.15) is 11.4 Å². The van der Waals surface area contributed by atoms with Gasteiger partial charge in [0, 0.05) is 39.1 Å². The van der Waals surface area contributed by atoms with Crippen LogP contribution in [0.25, 0.3) is 0 Å². The van der Waals surface area contributed by atoms with Crippen molar-refractivity contribution in [3.05, 3.63) is 29.1 Å². The Morgan fingerprint density at radius 1 is 0.933 bits per heavy atom. The number of ether oxygens (including phenoxy) is 2. The van der Waals surface area contributed by atoms with Gasteiger partial charge in [0.05, 0.1) is 13.2 Å². The Kier molecular flexibility index (Phi) is 8.34. The molecule has 30 heavy (non-hydrogen) atoms. The second-order valence-corrected chi connectivity index (χ2v) is 8.58. The van der Waals surface area contributed by atoms with E-state index in [0.717, 1.165) is 18.7 Å². The maximum absolute atomic E-state index is 12.4. The minimum atomic E-state index is -0.567. The smallest absolute Gasteiger partial charge is 0.356 e. The Hall–Kier alpha value is -2.48. The Labute approximate surface area is 178 Å². The fourth-order valence-electron chi connectivity index (χ4n) is 3.28. The van der Waals surface area contributed by atoms with E-state index in [-0.39, 0.29) is 35.9 Å². The number of hydrogen-bond acceptors (Lipinski definition) is 7. The predicted octanol–water partition coefficient (Wildman–Crippen LogP) is 2.52. The quantitative estimate of drug-likeness (QED) is 0.627. The lowest BCUT2D eigenvalue weighted by atomic mass is 9.91. The first-order valence-corrected chi connectivity index (χ1v) is 10.5. The molecule has 1 aromatic rings. The lowest BCUT2D eigenvalue weighted by Gasteiger charge is -2.36. The van der Waals surface area contributed by atoms with Gasteiger partial charge in [-0.2, -0.15) is 0 Å². The molecule has 0 bridgehead atoms. The van der Waals surface area contributed by atoms with Crippen molar-refractivity contribution in [2.45, 2.75) is 47.6 Å². The molecule has 0 aliphatic carbocycles. The van der Waals surface area contributed by atoms with Crippen molar-refractivity contribution in [2.75, 3.05) is 39.4 Å². The van der Waals surface area contributed by atoms with E-state index in [4.69, 9.17) is 9.47 Å². The van der Waals surface area contributed by atoms with Crippen molar-refractivity contribution in [3.63, 3.8) is 0 Å². The van der Waals surface area contributed by atoms with E-state index in [0.29, 0.717) is 26.1 Å². The van der Waals surface area contributed by atoms with E-state index in [1.807, 2.05) is 4.90 Å². The summed E-state index contributed by atoms with van der Waals surface area (Å²) in [5.74, 6) is -0.953. The van der Waals surface area contributed by atoms with Gasteiger partial charge >= 0.3 is 11.9 Å². The van der Waals surface area contributed by atoms with Crippen LogP contribution in [0.1, 0.15) is 67.6 Å². The van der Waals surface area contributed by atoms with Crippen LogP contribution in [-0.4, -0.2) is 72.0 Å². The van der Waals surface area contributed by atoms with Crippen molar-refractivity contribution in [2.24, 2.45) is 5.41 Å². The molecule has 1 aliphatic rings. The third kappa shape index (κ3) is 7.09. The number of pyridine rings is 1. The zero-order valence-corrected chi connectivity index (χ0v) is 18.7. The second kappa shape index (κ2) is 10.5. The van der Waals surface area contributed by atoms with Gasteiger partial charge in [-0.05, 0) is 37.0 Å². The molecule has 8 nitrogen and oxygen atoms in total. The SMILES string of the molecule is CCOC(=O)c1cc(CN2CCN(C(=O)CC(C)(C)C)CC2)cc(C(=O)OCC)n1. The third-order valence-electron chi connectivity index (χ3n) is 4.67. The van der Waals surface area contributed by atoms with Crippen molar-refractivity contribution in [3.8, 4) is 0 Å². The number of amides is 1. The normalized spacial score (nSPS) is 15.0. The molecule has 0 atom stereocenters. The number of carbonyl (C=O) groups excluding carboxylic acids is 3. The highest BCUT2D eigenvalue weighted by Crippen LogP contribution is 2.21. The molecule has 1 aliphatic heterocycles. The topological polar surface area (TPSA) is 89.0 Å². The van der Waals surface area contributed by atoms with Crippen LogP contribution in [0.4, 0.5) is 0 Å². The number of hydrogen-bond donors (Lipinski definition) is 0. The first kappa shape index (κ1) is 23.8. The molecule has 0 unspecified atom stereocenters. The first-order valence-electron chi connectivity index (χ1n) is 10.5. The van der Waals surface area contributed by atoms with Gasteiger partial charge < -0.3 is 14.4 Å². The maximum atomic E-state index is 12.4. The highest BCUT2D eigenvalue weighted by molar-refractivity contribution is 5.92. The summed E-state index contributed by atoms with van der Waals surface area (Å²) in [6.45, 7) is 13.4. The summed E-state index contributed by atoms with van der Waals surface area (Å²) >= 11 is 0. The number of piperazine rings is 1. The van der Waals surface area contributed by atoms with Crippen LogP contribution in [0.3, 0.4) is 0 Å². The highest BCUT2D eigenvalue weighted by atomic mass is 16.5. The van der Waals surface area contributed by atoms with Gasteiger partial charge in [0.25, 0.3) is 0 Å². The van der Waals surface area contributed by atoms with E-state index in [1.54, 1.807) is 26.0 Å². The third-order valence-corrected chi connectivity index (χ3v) is 4.67. The summed E-state index contributed by atoms with van der Waals surface area (Å²) in [6, 6.07) is 3.30. The van der Waals surface area contributed by atoms with Crippen molar-refractivity contribution >= 4 is 17.8 Å². The van der Waals surface area contributed by atoms with Gasteiger partial charge in [-0.15, -0.1) is 0 Å². The molecule has 1 fully saturated rings. The molecule has 0 spiro atoms. The Balaban J connectivity index is 2.07. The van der Waals surface area contributed by atoms with Crippen LogP contribution in [0.2, 0.25) is 0 Å². The number of nitrogens with zero attached hydrogens (tertiary/aromatic N) is 3. The summed E-state index contributed by atoms with van der Waals surface area (Å²) in [4.78, 5) is 45.0. The fraction of sp³-hybridized carbons (Fsp3) is 0.636. The van der Waals surface area contributed by atoms with Gasteiger partial charge in [0.15, 0.2) is 0 Å². The van der Waals surface area contributed by atoms with Crippen LogP contribution in [0, 0.1) is 5.41 Å². The average molecular weight is 420 g/mol. The van der Waals surface area contributed by atoms with Crippen LogP contribution in [-0.2, 0) is 20.8 Å². The van der Waals surface area contributed by atoms with Crippen molar-refractivity contribution in [1.29, 1.82) is 0 Å². The molecule has 166 valence electrons. The van der Waals surface area contributed by atoms with E-state index < -0.39 is 11.9 Å². The van der Waals surface area contributed by atoms with Crippen LogP contribution in [0.15, 0.2) is 12.1 Å². The van der Waals surface area contributed by atoms with Crippen LogP contribution < -0.4 is 0 Å². The molecule has 1 aromatic heterocycles. The standard InChI is InChI=1S/C22H33N3O5/c1-6-29-20(27)17-12-16(13-18(23-17)21(28)30-7-2)15-24-8-10-25(11-9-24)19(26)14-22(3,4)5/h12-13H,6-11,14-15H2,1-5H3. The van der Waals surface area contributed by atoms with Crippen molar-refractivity contribution in [1.82, 2.24) is 14.8 Å². The van der Waals surface area contributed by atoms with Gasteiger partial charge in [-0.25, -0.2) is 14.6 Å². The summed E-state index contributed by atoms with van der Waals surface area (Å²) in [5, 5.41) is 0. The molecular formula is C22H33N3O5. The lowest BCUT2D eigenvalue weighted by Crippen LogP contribution is -2.48. The zero-order valence-electron chi connectivity index (χ0n) is 18.7. The van der Waals surface area contributed by atoms with E-state index in [9.17, 15) is 14.4 Å². The monoisotopic (exact) mass is 419 g/mol. The molecule has 1 amide bonds. The molecular weight excluding hydrogens is 386 g/mol. The number of carbonyl (C=O) groups is 3. The molecule has 0 aromatic carbocycles. The number of rotatable bonds is 7. The first-order chi connectivity index (χ1) is 14.1. The Morgan fingerprint density at radius 3 is 1.87 bits per heavy atom. The highest BCUT2D eigenvalue weighted by Gasteiger charge is 2.25. The Morgan fingerprint density at radius 2 is 1.43 bits per heavy atom. The molecule has 2 heterocycles.